The van der Waals surface area contributed by atoms with E-state index >= 15 is 0 Å². The molecule has 2 rings (SSSR count). The van der Waals surface area contributed by atoms with Crippen LogP contribution in [0, 0.1) is 18.3 Å². The zero-order valence-corrected chi connectivity index (χ0v) is 14.5. The quantitative estimate of drug-likeness (QED) is 0.848. The van der Waals surface area contributed by atoms with Gasteiger partial charge in [0.2, 0.25) is 5.88 Å². The van der Waals surface area contributed by atoms with Crippen LogP contribution in [-0.4, -0.2) is 15.9 Å². The van der Waals surface area contributed by atoms with Gasteiger partial charge in [0.05, 0.1) is 11.3 Å². The van der Waals surface area contributed by atoms with Crippen molar-refractivity contribution in [1.29, 1.82) is 5.26 Å². The van der Waals surface area contributed by atoms with Gasteiger partial charge in [-0.1, -0.05) is 18.5 Å². The van der Waals surface area contributed by atoms with Crippen molar-refractivity contribution in [3.63, 3.8) is 0 Å². The summed E-state index contributed by atoms with van der Waals surface area (Å²) < 4.78 is 1.24. The number of halogens is 1. The van der Waals surface area contributed by atoms with Crippen molar-refractivity contribution in [2.75, 3.05) is 0 Å². The van der Waals surface area contributed by atoms with Gasteiger partial charge < -0.3 is 5.11 Å². The second kappa shape index (κ2) is 7.33. The van der Waals surface area contributed by atoms with Gasteiger partial charge in [-0.25, -0.2) is 0 Å². The first-order chi connectivity index (χ1) is 11.4. The molecule has 0 saturated heterocycles. The molecule has 0 aliphatic heterocycles. The molecule has 0 bridgehead atoms. The molecule has 124 valence electrons. The van der Waals surface area contributed by atoms with Crippen LogP contribution >= 0.6 is 11.6 Å². The summed E-state index contributed by atoms with van der Waals surface area (Å²) in [7, 11) is 0. The van der Waals surface area contributed by atoms with E-state index in [1.807, 2.05) is 19.9 Å². The molecule has 1 atom stereocenters. The first-order valence-corrected chi connectivity index (χ1v) is 7.96. The van der Waals surface area contributed by atoms with Crippen molar-refractivity contribution in [3.8, 4) is 11.9 Å². The molecule has 0 aliphatic carbocycles. The number of aromatic hydroxyl groups is 1. The number of pyridine rings is 1. The minimum absolute atomic E-state index is 0.0191. The SMILES string of the molecule is CCC(C)n1c(O)c(C=Nc2ccc(Cl)cc2)c(C)c(C#N)c1=O. The fraction of sp³-hybridized carbons (Fsp3) is 0.278. The predicted octanol–water partition coefficient (Wildman–Crippen LogP) is 4.11. The standard InChI is InChI=1S/C18H18ClN3O2/c1-4-11(2)22-17(23)15(9-20)12(3)16(18(22)24)10-21-14-7-5-13(19)6-8-14/h5-8,10-11,24H,4H2,1-3H3. The summed E-state index contributed by atoms with van der Waals surface area (Å²) in [5.41, 5.74) is 0.966. The summed E-state index contributed by atoms with van der Waals surface area (Å²) >= 11 is 5.84. The summed E-state index contributed by atoms with van der Waals surface area (Å²) in [5.74, 6) is -0.177. The molecule has 0 aliphatic rings. The second-order valence-electron chi connectivity index (χ2n) is 5.52. The Morgan fingerprint density at radius 3 is 2.58 bits per heavy atom. The molecule has 0 saturated carbocycles. The van der Waals surface area contributed by atoms with Crippen molar-refractivity contribution in [3.05, 3.63) is 56.3 Å². The molecule has 1 unspecified atom stereocenters. The molecule has 0 radical (unpaired) electrons. The normalized spacial score (nSPS) is 12.3. The molecule has 1 aromatic heterocycles. The number of hydrogen-bond donors (Lipinski definition) is 1. The number of aliphatic imine (C=N–C) groups is 1. The molecule has 6 heteroatoms. The highest BCUT2D eigenvalue weighted by Gasteiger charge is 2.20. The molecule has 1 heterocycles. The summed E-state index contributed by atoms with van der Waals surface area (Å²) in [5, 5.41) is 20.4. The monoisotopic (exact) mass is 343 g/mol. The second-order valence-corrected chi connectivity index (χ2v) is 5.95. The van der Waals surface area contributed by atoms with E-state index in [-0.39, 0.29) is 17.5 Å². The average Bonchev–Trinajstić information content (AvgIpc) is 2.56. The van der Waals surface area contributed by atoms with Crippen LogP contribution in [0.15, 0.2) is 34.1 Å². The van der Waals surface area contributed by atoms with E-state index in [9.17, 15) is 15.2 Å². The average molecular weight is 344 g/mol. The van der Waals surface area contributed by atoms with Crippen LogP contribution < -0.4 is 5.56 Å². The van der Waals surface area contributed by atoms with Gasteiger partial charge in [0.15, 0.2) is 0 Å². The van der Waals surface area contributed by atoms with E-state index in [0.717, 1.165) is 0 Å². The molecule has 1 aromatic carbocycles. The maximum Gasteiger partial charge on any atom is 0.271 e. The largest absolute Gasteiger partial charge is 0.494 e. The lowest BCUT2D eigenvalue weighted by molar-refractivity contribution is 0.372. The van der Waals surface area contributed by atoms with Crippen LogP contribution in [-0.2, 0) is 0 Å². The lowest BCUT2D eigenvalue weighted by Crippen LogP contribution is -2.27. The van der Waals surface area contributed by atoms with E-state index in [1.54, 1.807) is 31.2 Å². The van der Waals surface area contributed by atoms with Gasteiger partial charge in [-0.2, -0.15) is 5.26 Å². The van der Waals surface area contributed by atoms with Crippen molar-refractivity contribution >= 4 is 23.5 Å². The van der Waals surface area contributed by atoms with Gasteiger partial charge in [-0.15, -0.1) is 0 Å². The Morgan fingerprint density at radius 1 is 1.42 bits per heavy atom. The molecular weight excluding hydrogens is 326 g/mol. The van der Waals surface area contributed by atoms with E-state index < -0.39 is 5.56 Å². The first kappa shape index (κ1) is 17.8. The van der Waals surface area contributed by atoms with Crippen molar-refractivity contribution in [2.24, 2.45) is 4.99 Å². The fourth-order valence-electron chi connectivity index (χ4n) is 2.35. The number of rotatable bonds is 4. The van der Waals surface area contributed by atoms with Crippen molar-refractivity contribution < 1.29 is 5.11 Å². The van der Waals surface area contributed by atoms with Crippen molar-refractivity contribution in [1.82, 2.24) is 4.57 Å². The van der Waals surface area contributed by atoms with Crippen LogP contribution in [0.1, 0.15) is 43.0 Å². The Morgan fingerprint density at radius 2 is 2.04 bits per heavy atom. The lowest BCUT2D eigenvalue weighted by Gasteiger charge is -2.18. The van der Waals surface area contributed by atoms with E-state index in [0.29, 0.717) is 28.3 Å². The third kappa shape index (κ3) is 3.34. The van der Waals surface area contributed by atoms with Gasteiger partial charge in [-0.3, -0.25) is 14.4 Å². The minimum Gasteiger partial charge on any atom is -0.494 e. The maximum atomic E-state index is 12.4. The molecule has 5 nitrogen and oxygen atoms in total. The Bertz CT molecular complexity index is 877. The Labute approximate surface area is 145 Å². The minimum atomic E-state index is -0.481. The summed E-state index contributed by atoms with van der Waals surface area (Å²) in [6, 6.07) is 8.60. The van der Waals surface area contributed by atoms with Gasteiger partial charge in [0.25, 0.3) is 5.56 Å². The highest BCUT2D eigenvalue weighted by molar-refractivity contribution is 6.30. The Kier molecular flexibility index (Phi) is 5.42. The molecule has 0 spiro atoms. The van der Waals surface area contributed by atoms with Crippen LogP contribution in [0.4, 0.5) is 5.69 Å². The molecule has 0 amide bonds. The fourth-order valence-corrected chi connectivity index (χ4v) is 2.48. The van der Waals surface area contributed by atoms with Crippen LogP contribution in [0.5, 0.6) is 5.88 Å². The Hall–Kier alpha value is -2.58. The third-order valence-corrected chi connectivity index (χ3v) is 4.25. The van der Waals surface area contributed by atoms with Crippen LogP contribution in [0.2, 0.25) is 5.02 Å². The van der Waals surface area contributed by atoms with Gasteiger partial charge in [-0.05, 0) is 50.1 Å². The number of nitriles is 1. The number of benzene rings is 1. The lowest BCUT2D eigenvalue weighted by atomic mass is 10.0. The first-order valence-electron chi connectivity index (χ1n) is 7.58. The molecule has 24 heavy (non-hydrogen) atoms. The zero-order chi connectivity index (χ0) is 17.9. The zero-order valence-electron chi connectivity index (χ0n) is 13.7. The molecule has 1 N–H and O–H groups in total. The van der Waals surface area contributed by atoms with E-state index in [2.05, 4.69) is 4.99 Å². The number of aromatic nitrogens is 1. The van der Waals surface area contributed by atoms with E-state index in [4.69, 9.17) is 11.6 Å². The summed E-state index contributed by atoms with van der Waals surface area (Å²) in [6.45, 7) is 5.35. The number of nitrogens with zero attached hydrogens (tertiary/aromatic N) is 3. The molecule has 2 aromatic rings. The highest BCUT2D eigenvalue weighted by atomic mass is 35.5. The van der Waals surface area contributed by atoms with Gasteiger partial charge >= 0.3 is 0 Å². The predicted molar refractivity (Wildman–Crippen MR) is 95.5 cm³/mol. The molecular formula is C18H18ClN3O2. The summed E-state index contributed by atoms with van der Waals surface area (Å²) in [6.07, 6.45) is 2.11. The maximum absolute atomic E-state index is 12.4. The Balaban J connectivity index is 2.63. The number of hydrogen-bond acceptors (Lipinski definition) is 4. The topological polar surface area (TPSA) is 78.4 Å². The van der Waals surface area contributed by atoms with Crippen LogP contribution in [0.25, 0.3) is 0 Å². The van der Waals surface area contributed by atoms with E-state index in [1.165, 1.54) is 10.8 Å². The smallest absolute Gasteiger partial charge is 0.271 e. The summed E-state index contributed by atoms with van der Waals surface area (Å²) in [4.78, 5) is 16.7. The van der Waals surface area contributed by atoms with Gasteiger partial charge in [0.1, 0.15) is 11.6 Å². The highest BCUT2D eigenvalue weighted by Crippen LogP contribution is 2.25. The third-order valence-electron chi connectivity index (χ3n) is 3.99. The van der Waals surface area contributed by atoms with Crippen molar-refractivity contribution in [2.45, 2.75) is 33.2 Å². The molecule has 0 fully saturated rings. The van der Waals surface area contributed by atoms with Gasteiger partial charge in [0, 0.05) is 17.3 Å². The van der Waals surface area contributed by atoms with Crippen LogP contribution in [0.3, 0.4) is 0 Å².